The molecule has 0 fully saturated rings. The van der Waals surface area contributed by atoms with Crippen LogP contribution in [0, 0.1) is 0 Å². The third-order valence-electron chi connectivity index (χ3n) is 5.01. The topological polar surface area (TPSA) is 79.9 Å². The smallest absolute Gasteiger partial charge is 0.262 e. The van der Waals surface area contributed by atoms with E-state index < -0.39 is 0 Å². The minimum absolute atomic E-state index is 0.0799. The summed E-state index contributed by atoms with van der Waals surface area (Å²) < 4.78 is 5.65. The number of nitrogens with one attached hydrogen (secondary N) is 2. The van der Waals surface area contributed by atoms with Gasteiger partial charge in [0, 0.05) is 17.4 Å². The van der Waals surface area contributed by atoms with Gasteiger partial charge < -0.3 is 15.0 Å². The number of benzene rings is 3. The number of anilines is 1. The number of nitrogens with zero attached hydrogens (tertiary/aromatic N) is 2. The molecule has 0 aliphatic heterocycles. The highest BCUT2D eigenvalue weighted by Gasteiger charge is 2.09. The van der Waals surface area contributed by atoms with Crippen molar-refractivity contribution in [1.29, 1.82) is 0 Å². The Morgan fingerprint density at radius 3 is 2.44 bits per heavy atom. The van der Waals surface area contributed by atoms with Crippen molar-refractivity contribution in [3.8, 4) is 28.3 Å². The number of ether oxygens (including phenoxy) is 1. The number of imidazole rings is 1. The van der Waals surface area contributed by atoms with Crippen molar-refractivity contribution in [3.63, 3.8) is 0 Å². The Hall–Kier alpha value is -4.45. The molecule has 0 bridgehead atoms. The van der Waals surface area contributed by atoms with Gasteiger partial charge >= 0.3 is 0 Å². The molecule has 5 rings (SSSR count). The summed E-state index contributed by atoms with van der Waals surface area (Å²) in [6, 6.07) is 29.1. The van der Waals surface area contributed by atoms with E-state index in [1.807, 2.05) is 78.9 Å². The second-order valence-corrected chi connectivity index (χ2v) is 7.27. The van der Waals surface area contributed by atoms with Crippen molar-refractivity contribution in [3.05, 3.63) is 97.2 Å². The predicted molar refractivity (Wildman–Crippen MR) is 125 cm³/mol. The van der Waals surface area contributed by atoms with Crippen LogP contribution in [-0.2, 0) is 4.79 Å². The first-order valence-corrected chi connectivity index (χ1v) is 10.2. The number of hydrogen-bond acceptors (Lipinski definition) is 4. The zero-order chi connectivity index (χ0) is 21.8. The number of H-pyrrole nitrogens is 1. The van der Waals surface area contributed by atoms with Gasteiger partial charge in [-0.25, -0.2) is 9.97 Å². The van der Waals surface area contributed by atoms with Crippen LogP contribution in [0.15, 0.2) is 97.2 Å². The summed E-state index contributed by atoms with van der Waals surface area (Å²) in [7, 11) is 0. The summed E-state index contributed by atoms with van der Waals surface area (Å²) in [5.41, 5.74) is 5.28. The maximum absolute atomic E-state index is 12.4. The molecular weight excluding hydrogens is 400 g/mol. The van der Waals surface area contributed by atoms with Crippen LogP contribution in [-0.4, -0.2) is 27.5 Å². The van der Waals surface area contributed by atoms with Crippen molar-refractivity contribution >= 4 is 22.8 Å². The summed E-state index contributed by atoms with van der Waals surface area (Å²) in [5.74, 6) is 1.11. The lowest BCUT2D eigenvalue weighted by atomic mass is 10.1. The lowest BCUT2D eigenvalue weighted by Crippen LogP contribution is -2.20. The molecule has 2 N–H and O–H groups in total. The number of rotatable bonds is 6. The summed E-state index contributed by atoms with van der Waals surface area (Å²) in [6.07, 6.45) is 1.71. The Bertz CT molecular complexity index is 1330. The second-order valence-electron chi connectivity index (χ2n) is 7.27. The Morgan fingerprint density at radius 2 is 1.62 bits per heavy atom. The highest BCUT2D eigenvalue weighted by Crippen LogP contribution is 2.23. The number of amides is 1. The van der Waals surface area contributed by atoms with Crippen molar-refractivity contribution < 1.29 is 9.53 Å². The van der Waals surface area contributed by atoms with Gasteiger partial charge in [-0.15, -0.1) is 0 Å². The van der Waals surface area contributed by atoms with Crippen LogP contribution in [0.1, 0.15) is 0 Å². The molecule has 6 heteroatoms. The van der Waals surface area contributed by atoms with E-state index >= 15 is 0 Å². The van der Waals surface area contributed by atoms with Gasteiger partial charge in [0.15, 0.2) is 12.3 Å². The average Bonchev–Trinajstić information content (AvgIpc) is 3.28. The number of aromatic nitrogens is 3. The monoisotopic (exact) mass is 420 g/mol. The van der Waals surface area contributed by atoms with E-state index in [0.717, 1.165) is 22.2 Å². The maximum Gasteiger partial charge on any atom is 0.262 e. The largest absolute Gasteiger partial charge is 0.484 e. The zero-order valence-corrected chi connectivity index (χ0v) is 17.2. The molecule has 0 radical (unpaired) electrons. The standard InChI is InChI=1S/C26H20N4O2/c31-24(17-32-22-13-11-19(12-14-22)18-6-2-1-3-7-18)28-21-9-4-8-20(16-21)25-29-23-10-5-15-27-26(23)30-25/h1-16H,17H2,(H,28,31)(H,27,29,30). The van der Waals surface area contributed by atoms with Gasteiger partial charge in [0.25, 0.3) is 5.91 Å². The molecule has 1 amide bonds. The number of fused-ring (bicyclic) bond motifs is 1. The summed E-state index contributed by atoms with van der Waals surface area (Å²) in [5, 5.41) is 2.87. The van der Waals surface area contributed by atoms with Gasteiger partial charge in [-0.2, -0.15) is 0 Å². The van der Waals surface area contributed by atoms with E-state index in [4.69, 9.17) is 4.74 Å². The zero-order valence-electron chi connectivity index (χ0n) is 17.2. The van der Waals surface area contributed by atoms with E-state index in [2.05, 4.69) is 32.4 Å². The Morgan fingerprint density at radius 1 is 0.844 bits per heavy atom. The molecule has 2 heterocycles. The molecular formula is C26H20N4O2. The highest BCUT2D eigenvalue weighted by atomic mass is 16.5. The van der Waals surface area contributed by atoms with E-state index in [1.54, 1.807) is 6.20 Å². The lowest BCUT2D eigenvalue weighted by molar-refractivity contribution is -0.118. The fraction of sp³-hybridized carbons (Fsp3) is 0.0385. The third kappa shape index (κ3) is 4.34. The number of carbonyl (C=O) groups excluding carboxylic acids is 1. The van der Waals surface area contributed by atoms with Gasteiger partial charge in [0.1, 0.15) is 11.6 Å². The van der Waals surface area contributed by atoms with Crippen LogP contribution >= 0.6 is 0 Å². The molecule has 0 spiro atoms. The van der Waals surface area contributed by atoms with Crippen LogP contribution < -0.4 is 10.1 Å². The molecule has 6 nitrogen and oxygen atoms in total. The Balaban J connectivity index is 1.21. The SMILES string of the molecule is O=C(COc1ccc(-c2ccccc2)cc1)Nc1cccc(-c2nc3ncccc3[nH]2)c1. The molecule has 0 atom stereocenters. The third-order valence-corrected chi connectivity index (χ3v) is 5.01. The van der Waals surface area contributed by atoms with Gasteiger partial charge in [0.05, 0.1) is 5.52 Å². The van der Waals surface area contributed by atoms with Crippen molar-refractivity contribution in [2.24, 2.45) is 0 Å². The van der Waals surface area contributed by atoms with Crippen molar-refractivity contribution in [2.75, 3.05) is 11.9 Å². The van der Waals surface area contributed by atoms with Gasteiger partial charge in [-0.3, -0.25) is 4.79 Å². The van der Waals surface area contributed by atoms with Crippen molar-refractivity contribution in [2.45, 2.75) is 0 Å². The average molecular weight is 420 g/mol. The minimum atomic E-state index is -0.236. The summed E-state index contributed by atoms with van der Waals surface area (Å²) in [6.45, 7) is -0.0799. The van der Waals surface area contributed by atoms with Crippen LogP contribution in [0.2, 0.25) is 0 Å². The first-order chi connectivity index (χ1) is 15.7. The maximum atomic E-state index is 12.4. The first kappa shape index (κ1) is 19.5. The molecule has 0 saturated heterocycles. The Labute approximate surface area is 184 Å². The summed E-state index contributed by atoms with van der Waals surface area (Å²) in [4.78, 5) is 24.4. The lowest BCUT2D eigenvalue weighted by Gasteiger charge is -2.09. The van der Waals surface area contributed by atoms with Crippen LogP contribution in [0.5, 0.6) is 5.75 Å². The molecule has 0 aliphatic carbocycles. The normalized spacial score (nSPS) is 10.8. The van der Waals surface area contributed by atoms with Gasteiger partial charge in [-0.1, -0.05) is 54.6 Å². The summed E-state index contributed by atoms with van der Waals surface area (Å²) >= 11 is 0. The number of pyridine rings is 1. The molecule has 156 valence electrons. The van der Waals surface area contributed by atoms with Crippen LogP contribution in [0.3, 0.4) is 0 Å². The molecule has 0 aliphatic rings. The molecule has 0 unspecified atom stereocenters. The second kappa shape index (κ2) is 8.73. The molecule has 3 aromatic carbocycles. The quantitative estimate of drug-likeness (QED) is 0.390. The highest BCUT2D eigenvalue weighted by molar-refractivity contribution is 5.92. The number of hydrogen-bond donors (Lipinski definition) is 2. The number of carbonyl (C=O) groups is 1. The van der Waals surface area contributed by atoms with E-state index in [1.165, 1.54) is 0 Å². The predicted octanol–water partition coefficient (Wildman–Crippen LogP) is 5.31. The van der Waals surface area contributed by atoms with Crippen LogP contribution in [0.4, 0.5) is 5.69 Å². The van der Waals surface area contributed by atoms with Gasteiger partial charge in [0.2, 0.25) is 0 Å². The molecule has 0 saturated carbocycles. The minimum Gasteiger partial charge on any atom is -0.484 e. The van der Waals surface area contributed by atoms with E-state index in [-0.39, 0.29) is 12.5 Å². The molecule has 32 heavy (non-hydrogen) atoms. The van der Waals surface area contributed by atoms with Crippen molar-refractivity contribution in [1.82, 2.24) is 15.0 Å². The molecule has 2 aromatic heterocycles. The first-order valence-electron chi connectivity index (χ1n) is 10.2. The Kier molecular flexibility index (Phi) is 5.32. The fourth-order valence-electron chi connectivity index (χ4n) is 3.45. The number of aromatic amines is 1. The van der Waals surface area contributed by atoms with Crippen LogP contribution in [0.25, 0.3) is 33.7 Å². The van der Waals surface area contributed by atoms with E-state index in [9.17, 15) is 4.79 Å². The van der Waals surface area contributed by atoms with Gasteiger partial charge in [-0.05, 0) is 47.5 Å². The fourth-order valence-corrected chi connectivity index (χ4v) is 3.45. The van der Waals surface area contributed by atoms with E-state index in [0.29, 0.717) is 22.9 Å². The molecule has 5 aromatic rings.